The maximum Gasteiger partial charge on any atom is 0.244 e. The van der Waals surface area contributed by atoms with E-state index in [1.165, 1.54) is 25.7 Å². The molecule has 2 unspecified atom stereocenters. The van der Waals surface area contributed by atoms with Gasteiger partial charge >= 0.3 is 0 Å². The molecule has 2 rings (SSSR count). The van der Waals surface area contributed by atoms with Crippen molar-refractivity contribution in [3.8, 4) is 0 Å². The van der Waals surface area contributed by atoms with Gasteiger partial charge in [-0.15, -0.1) is 0 Å². The Hall–Kier alpha value is 0.920. The van der Waals surface area contributed by atoms with E-state index in [0.717, 1.165) is 12.8 Å². The Morgan fingerprint density at radius 1 is 0.800 bits per heavy atom. The SMILES string of the molecule is CC(C)C1CC[C@@H](C)C[C@H]1OP(=S)(S)O[C@@H]1C[C@H](C)CC[C@H]1C(C)C. The van der Waals surface area contributed by atoms with E-state index >= 15 is 0 Å². The number of rotatable bonds is 6. The molecular weight excluding hydrogens is 367 g/mol. The molecule has 0 aliphatic heterocycles. The summed E-state index contributed by atoms with van der Waals surface area (Å²) in [7, 11) is 0. The highest BCUT2D eigenvalue weighted by atomic mass is 32.9. The Morgan fingerprint density at radius 2 is 1.16 bits per heavy atom. The zero-order valence-corrected chi connectivity index (χ0v) is 19.6. The van der Waals surface area contributed by atoms with E-state index in [0.29, 0.717) is 35.5 Å². The van der Waals surface area contributed by atoms with Crippen LogP contribution in [0.2, 0.25) is 0 Å². The molecule has 0 amide bonds. The first-order chi connectivity index (χ1) is 11.6. The van der Waals surface area contributed by atoms with Crippen molar-refractivity contribution in [3.63, 3.8) is 0 Å². The maximum atomic E-state index is 6.46. The molecule has 148 valence electrons. The van der Waals surface area contributed by atoms with Gasteiger partial charge in [0.05, 0.1) is 12.2 Å². The van der Waals surface area contributed by atoms with Crippen LogP contribution in [0.4, 0.5) is 0 Å². The van der Waals surface area contributed by atoms with Crippen LogP contribution in [0.5, 0.6) is 0 Å². The average molecular weight is 407 g/mol. The van der Waals surface area contributed by atoms with Gasteiger partial charge in [-0.1, -0.05) is 66.6 Å². The van der Waals surface area contributed by atoms with E-state index in [4.69, 9.17) is 33.1 Å². The van der Waals surface area contributed by atoms with E-state index in [1.807, 2.05) is 0 Å². The number of hydrogen-bond donors (Lipinski definition) is 1. The van der Waals surface area contributed by atoms with Crippen molar-refractivity contribution in [2.75, 3.05) is 0 Å². The van der Waals surface area contributed by atoms with Crippen LogP contribution in [0.25, 0.3) is 0 Å². The van der Waals surface area contributed by atoms with Crippen molar-refractivity contribution in [3.05, 3.63) is 0 Å². The third-order valence-electron chi connectivity index (χ3n) is 6.46. The summed E-state index contributed by atoms with van der Waals surface area (Å²) in [5, 5.41) is 0. The second-order valence-corrected chi connectivity index (χ2v) is 14.6. The van der Waals surface area contributed by atoms with Crippen molar-refractivity contribution in [1.82, 2.24) is 0 Å². The molecule has 0 radical (unpaired) electrons. The van der Waals surface area contributed by atoms with Crippen molar-refractivity contribution in [2.45, 2.75) is 92.3 Å². The van der Waals surface area contributed by atoms with Gasteiger partial charge in [-0.05, 0) is 73.0 Å². The molecule has 5 heteroatoms. The Kier molecular flexibility index (Phi) is 8.36. The van der Waals surface area contributed by atoms with Crippen LogP contribution in [-0.2, 0) is 20.9 Å². The van der Waals surface area contributed by atoms with Crippen LogP contribution in [0.1, 0.15) is 80.1 Å². The predicted molar refractivity (Wildman–Crippen MR) is 116 cm³/mol. The molecule has 0 heterocycles. The molecular formula is C20H39O2PS2. The van der Waals surface area contributed by atoms with E-state index in [9.17, 15) is 0 Å². The summed E-state index contributed by atoms with van der Waals surface area (Å²) in [5.41, 5.74) is -2.51. The fourth-order valence-electron chi connectivity index (χ4n) is 4.84. The lowest BCUT2D eigenvalue weighted by Crippen LogP contribution is -2.35. The average Bonchev–Trinajstić information content (AvgIpc) is 2.45. The molecule has 25 heavy (non-hydrogen) atoms. The maximum absolute atomic E-state index is 6.46. The van der Waals surface area contributed by atoms with Gasteiger partial charge < -0.3 is 9.05 Å². The molecule has 2 fully saturated rings. The van der Waals surface area contributed by atoms with Gasteiger partial charge in [0.1, 0.15) is 0 Å². The third kappa shape index (κ3) is 6.49. The van der Waals surface area contributed by atoms with Crippen LogP contribution in [0.3, 0.4) is 0 Å². The van der Waals surface area contributed by atoms with Crippen molar-refractivity contribution in [2.24, 2.45) is 35.5 Å². The lowest BCUT2D eigenvalue weighted by atomic mass is 9.75. The molecule has 0 aromatic heterocycles. The topological polar surface area (TPSA) is 18.5 Å². The molecule has 0 spiro atoms. The Bertz CT molecular complexity index is 431. The summed E-state index contributed by atoms with van der Waals surface area (Å²) >= 11 is 10.6. The van der Waals surface area contributed by atoms with E-state index in [-0.39, 0.29) is 12.2 Å². The fraction of sp³-hybridized carbons (Fsp3) is 1.00. The monoisotopic (exact) mass is 406 g/mol. The predicted octanol–water partition coefficient (Wildman–Crippen LogP) is 7.10. The van der Waals surface area contributed by atoms with Crippen molar-refractivity contribution >= 4 is 29.7 Å². The van der Waals surface area contributed by atoms with Crippen LogP contribution >= 0.6 is 17.9 Å². The van der Waals surface area contributed by atoms with Crippen molar-refractivity contribution in [1.29, 1.82) is 0 Å². The first kappa shape index (κ1) is 22.2. The smallest absolute Gasteiger partial charge is 0.244 e. The molecule has 2 saturated carbocycles. The van der Waals surface area contributed by atoms with Crippen LogP contribution in [0, 0.1) is 35.5 Å². The normalized spacial score (nSPS) is 39.6. The van der Waals surface area contributed by atoms with Gasteiger partial charge in [0, 0.05) is 0 Å². The zero-order valence-electron chi connectivity index (χ0n) is 17.0. The van der Waals surface area contributed by atoms with Gasteiger partial charge in [0.15, 0.2) is 0 Å². The minimum absolute atomic E-state index is 0.214. The van der Waals surface area contributed by atoms with Gasteiger partial charge in [-0.2, -0.15) is 0 Å². The Balaban J connectivity index is 2.04. The minimum atomic E-state index is -2.51. The Labute approximate surface area is 166 Å². The molecule has 0 bridgehead atoms. The molecule has 0 saturated heterocycles. The second kappa shape index (κ2) is 9.41. The Morgan fingerprint density at radius 3 is 1.48 bits per heavy atom. The summed E-state index contributed by atoms with van der Waals surface area (Å²) < 4.78 is 12.9. The summed E-state index contributed by atoms with van der Waals surface area (Å²) in [6.07, 6.45) is 7.70. The van der Waals surface area contributed by atoms with Gasteiger partial charge in [-0.3, -0.25) is 0 Å². The van der Waals surface area contributed by atoms with E-state index < -0.39 is 5.69 Å². The van der Waals surface area contributed by atoms with Crippen LogP contribution in [-0.4, -0.2) is 12.2 Å². The number of hydrogen-bond acceptors (Lipinski definition) is 3. The summed E-state index contributed by atoms with van der Waals surface area (Å²) in [5.74, 6) is 3.83. The molecule has 2 aliphatic rings. The molecule has 0 aromatic carbocycles. The van der Waals surface area contributed by atoms with Crippen molar-refractivity contribution < 1.29 is 9.05 Å². The van der Waals surface area contributed by atoms with Gasteiger partial charge in [0.25, 0.3) is 0 Å². The molecule has 0 N–H and O–H groups in total. The zero-order chi connectivity index (χ0) is 18.8. The molecule has 0 aromatic rings. The van der Waals surface area contributed by atoms with E-state index in [2.05, 4.69) is 41.5 Å². The lowest BCUT2D eigenvalue weighted by Gasteiger charge is -2.42. The quantitative estimate of drug-likeness (QED) is 0.375. The van der Waals surface area contributed by atoms with E-state index in [1.54, 1.807) is 0 Å². The van der Waals surface area contributed by atoms with Crippen LogP contribution in [0.15, 0.2) is 0 Å². The highest BCUT2D eigenvalue weighted by Crippen LogP contribution is 2.59. The summed E-state index contributed by atoms with van der Waals surface area (Å²) in [6, 6.07) is 0. The standard InChI is InChI=1S/C20H39O2PS2/c1-13(2)17-9-7-15(5)11-19(17)21-23(24,25)22-20-12-16(6)8-10-18(20)14(3)4/h13-20H,7-12H2,1-6H3,(H,24,25)/t15-,16-,17+,18?,19-,20-/m1/s1. The lowest BCUT2D eigenvalue weighted by molar-refractivity contribution is 0.0143. The van der Waals surface area contributed by atoms with Gasteiger partial charge in [0.2, 0.25) is 5.69 Å². The first-order valence-corrected chi connectivity index (χ1v) is 14.1. The largest absolute Gasteiger partial charge is 0.318 e. The second-order valence-electron chi connectivity index (χ2n) is 9.41. The van der Waals surface area contributed by atoms with Gasteiger partial charge in [-0.25, -0.2) is 0 Å². The fourth-order valence-corrected chi connectivity index (χ4v) is 7.45. The summed E-state index contributed by atoms with van der Waals surface area (Å²) in [4.78, 5) is 0. The molecule has 2 aliphatic carbocycles. The first-order valence-electron chi connectivity index (χ1n) is 10.3. The third-order valence-corrected chi connectivity index (χ3v) is 8.62. The minimum Gasteiger partial charge on any atom is -0.318 e. The highest BCUT2D eigenvalue weighted by Gasteiger charge is 2.38. The number of thiol groups is 1. The summed E-state index contributed by atoms with van der Waals surface area (Å²) in [6.45, 7) is 13.9. The molecule has 2 nitrogen and oxygen atoms in total. The van der Waals surface area contributed by atoms with Crippen LogP contribution < -0.4 is 0 Å². The highest BCUT2D eigenvalue weighted by molar-refractivity contribution is 8.60. The molecule has 7 atom stereocenters.